The Labute approximate surface area is 191 Å². The fourth-order valence-corrected chi connectivity index (χ4v) is 5.74. The third-order valence-corrected chi connectivity index (χ3v) is 7.32. The molecule has 172 valence electrons. The molecule has 2 aliphatic carbocycles. The molecule has 5 heteroatoms. The Hall–Kier alpha value is -2.82. The summed E-state index contributed by atoms with van der Waals surface area (Å²) in [5.41, 5.74) is 2.79. The van der Waals surface area contributed by atoms with Crippen LogP contribution in [0.1, 0.15) is 49.7 Å². The first-order valence-electron chi connectivity index (χ1n) is 11.5. The highest BCUT2D eigenvalue weighted by Crippen LogP contribution is 2.52. The molecule has 0 aliphatic heterocycles. The zero-order valence-corrected chi connectivity index (χ0v) is 18.4. The number of benzene rings is 3. The lowest BCUT2D eigenvalue weighted by molar-refractivity contribution is -0.185. The molecular formula is C28H26F4O. The average Bonchev–Trinajstić information content (AvgIpc) is 3.34. The minimum atomic E-state index is -3.68. The first-order chi connectivity index (χ1) is 15.8. The summed E-state index contributed by atoms with van der Waals surface area (Å²) in [4.78, 5) is 0. The lowest BCUT2D eigenvalue weighted by Gasteiger charge is -2.19. The first-order valence-corrected chi connectivity index (χ1v) is 11.5. The number of hydrogen-bond donors (Lipinski definition) is 0. The monoisotopic (exact) mass is 454 g/mol. The van der Waals surface area contributed by atoms with Gasteiger partial charge in [0, 0.05) is 6.07 Å². The summed E-state index contributed by atoms with van der Waals surface area (Å²) in [6.45, 7) is 2.36. The van der Waals surface area contributed by atoms with Crippen LogP contribution >= 0.6 is 0 Å². The molecule has 33 heavy (non-hydrogen) atoms. The number of rotatable bonds is 5. The standard InChI is InChI=1S/C28H26F4O/c1-17-12-21-14-23(15-22(21)13-17)20-4-2-18(3-5-20)19-6-8-24(9-7-19)28(31,32)33-25-10-11-26(29)27(30)16-25/h2-11,16-17,21-23H,12-15H2,1H3. The molecule has 0 heterocycles. The number of ether oxygens (including phenoxy) is 1. The van der Waals surface area contributed by atoms with Gasteiger partial charge in [-0.1, -0.05) is 43.3 Å². The van der Waals surface area contributed by atoms with Crippen LogP contribution in [0.25, 0.3) is 11.1 Å². The first kappa shape index (κ1) is 22.0. The summed E-state index contributed by atoms with van der Waals surface area (Å²) in [6, 6.07) is 16.6. The van der Waals surface area contributed by atoms with Gasteiger partial charge in [0.15, 0.2) is 11.6 Å². The highest BCUT2D eigenvalue weighted by molar-refractivity contribution is 5.64. The van der Waals surface area contributed by atoms with Crippen LogP contribution in [0.15, 0.2) is 66.7 Å². The van der Waals surface area contributed by atoms with E-state index in [9.17, 15) is 17.6 Å². The maximum absolute atomic E-state index is 14.5. The molecule has 3 aromatic carbocycles. The summed E-state index contributed by atoms with van der Waals surface area (Å²) >= 11 is 0. The van der Waals surface area contributed by atoms with Gasteiger partial charge >= 0.3 is 6.11 Å². The van der Waals surface area contributed by atoms with Gasteiger partial charge in [0.1, 0.15) is 5.75 Å². The molecule has 0 N–H and O–H groups in total. The van der Waals surface area contributed by atoms with Gasteiger partial charge < -0.3 is 4.74 Å². The molecule has 0 radical (unpaired) electrons. The predicted octanol–water partition coefficient (Wildman–Crippen LogP) is 8.30. The van der Waals surface area contributed by atoms with Crippen molar-refractivity contribution in [1.82, 2.24) is 0 Å². The Morgan fingerprint density at radius 1 is 0.727 bits per heavy atom. The lowest BCUT2D eigenvalue weighted by atomic mass is 9.91. The normalized spacial score (nSPS) is 24.6. The van der Waals surface area contributed by atoms with E-state index in [0.29, 0.717) is 12.0 Å². The Kier molecular flexibility index (Phi) is 5.67. The van der Waals surface area contributed by atoms with E-state index in [2.05, 4.69) is 35.9 Å². The van der Waals surface area contributed by atoms with Crippen molar-refractivity contribution >= 4 is 0 Å². The van der Waals surface area contributed by atoms with Gasteiger partial charge in [0.25, 0.3) is 0 Å². The van der Waals surface area contributed by atoms with Gasteiger partial charge in [-0.3, -0.25) is 0 Å². The lowest BCUT2D eigenvalue weighted by Crippen LogP contribution is -2.21. The molecule has 0 aromatic heterocycles. The van der Waals surface area contributed by atoms with Gasteiger partial charge in [-0.2, -0.15) is 8.78 Å². The molecule has 2 aliphatic rings. The number of halogens is 4. The van der Waals surface area contributed by atoms with E-state index in [1.54, 1.807) is 12.1 Å². The van der Waals surface area contributed by atoms with Gasteiger partial charge in [-0.25, -0.2) is 8.78 Å². The maximum atomic E-state index is 14.5. The molecule has 3 aromatic rings. The van der Waals surface area contributed by atoms with Crippen molar-refractivity contribution in [3.63, 3.8) is 0 Å². The van der Waals surface area contributed by atoms with E-state index in [-0.39, 0.29) is 5.56 Å². The minimum absolute atomic E-state index is 0.362. The minimum Gasteiger partial charge on any atom is -0.429 e. The second-order valence-electron chi connectivity index (χ2n) is 9.66. The van der Waals surface area contributed by atoms with Crippen LogP contribution in [0.4, 0.5) is 17.6 Å². The molecule has 0 bridgehead atoms. The molecule has 0 spiro atoms. The van der Waals surface area contributed by atoms with Gasteiger partial charge in [-0.05, 0) is 90.3 Å². The van der Waals surface area contributed by atoms with Crippen LogP contribution in [0, 0.1) is 29.4 Å². The molecular weight excluding hydrogens is 428 g/mol. The molecule has 2 unspecified atom stereocenters. The smallest absolute Gasteiger partial charge is 0.426 e. The molecule has 2 saturated carbocycles. The average molecular weight is 455 g/mol. The fraction of sp³-hybridized carbons (Fsp3) is 0.357. The highest BCUT2D eigenvalue weighted by atomic mass is 19.3. The van der Waals surface area contributed by atoms with Crippen molar-refractivity contribution in [3.8, 4) is 16.9 Å². The Morgan fingerprint density at radius 3 is 1.88 bits per heavy atom. The van der Waals surface area contributed by atoms with E-state index in [0.717, 1.165) is 41.0 Å². The van der Waals surface area contributed by atoms with Crippen molar-refractivity contribution in [3.05, 3.63) is 89.5 Å². The van der Waals surface area contributed by atoms with Crippen LogP contribution in [-0.4, -0.2) is 0 Å². The summed E-state index contributed by atoms with van der Waals surface area (Å²) in [5.74, 6) is 0.421. The molecule has 0 saturated heterocycles. The summed E-state index contributed by atoms with van der Waals surface area (Å²) in [5, 5.41) is 0. The zero-order valence-electron chi connectivity index (χ0n) is 18.4. The SMILES string of the molecule is CC1CC2CC(c3ccc(-c4ccc(C(F)(F)Oc5ccc(F)c(F)c5)cc4)cc3)CC2C1. The number of alkyl halides is 2. The van der Waals surface area contributed by atoms with Crippen molar-refractivity contribution < 1.29 is 22.3 Å². The number of hydrogen-bond acceptors (Lipinski definition) is 1. The van der Waals surface area contributed by atoms with Crippen LogP contribution < -0.4 is 4.74 Å². The quantitative estimate of drug-likeness (QED) is 0.352. The van der Waals surface area contributed by atoms with Crippen molar-refractivity contribution in [2.24, 2.45) is 17.8 Å². The van der Waals surface area contributed by atoms with Gasteiger partial charge in [0.2, 0.25) is 0 Å². The predicted molar refractivity (Wildman–Crippen MR) is 120 cm³/mol. The summed E-state index contributed by atoms with van der Waals surface area (Å²) in [6.07, 6.45) is 1.59. The molecule has 1 nitrogen and oxygen atoms in total. The van der Waals surface area contributed by atoms with Gasteiger partial charge in [-0.15, -0.1) is 0 Å². The Morgan fingerprint density at radius 2 is 1.30 bits per heavy atom. The second kappa shape index (κ2) is 8.51. The highest BCUT2D eigenvalue weighted by Gasteiger charge is 2.40. The van der Waals surface area contributed by atoms with E-state index in [1.807, 2.05) is 0 Å². The molecule has 2 atom stereocenters. The zero-order chi connectivity index (χ0) is 23.2. The van der Waals surface area contributed by atoms with E-state index in [1.165, 1.54) is 43.4 Å². The van der Waals surface area contributed by atoms with Crippen LogP contribution in [0.2, 0.25) is 0 Å². The molecule has 2 fully saturated rings. The van der Waals surface area contributed by atoms with Gasteiger partial charge in [0.05, 0.1) is 5.56 Å². The molecule has 5 rings (SSSR count). The van der Waals surface area contributed by atoms with Crippen LogP contribution in [0.3, 0.4) is 0 Å². The maximum Gasteiger partial charge on any atom is 0.426 e. The second-order valence-corrected chi connectivity index (χ2v) is 9.66. The van der Waals surface area contributed by atoms with E-state index in [4.69, 9.17) is 0 Å². The Balaban J connectivity index is 1.26. The van der Waals surface area contributed by atoms with Crippen LogP contribution in [0.5, 0.6) is 5.75 Å². The van der Waals surface area contributed by atoms with E-state index >= 15 is 0 Å². The fourth-order valence-electron chi connectivity index (χ4n) is 5.74. The van der Waals surface area contributed by atoms with Crippen molar-refractivity contribution in [1.29, 1.82) is 0 Å². The third-order valence-electron chi connectivity index (χ3n) is 7.32. The Bertz CT molecular complexity index is 1110. The van der Waals surface area contributed by atoms with Crippen LogP contribution in [-0.2, 0) is 6.11 Å². The van der Waals surface area contributed by atoms with Crippen molar-refractivity contribution in [2.45, 2.75) is 44.6 Å². The van der Waals surface area contributed by atoms with Crippen molar-refractivity contribution in [2.75, 3.05) is 0 Å². The third kappa shape index (κ3) is 4.50. The summed E-state index contributed by atoms with van der Waals surface area (Å²) in [7, 11) is 0. The molecule has 0 amide bonds. The number of fused-ring (bicyclic) bond motifs is 1. The largest absolute Gasteiger partial charge is 0.429 e. The topological polar surface area (TPSA) is 9.23 Å². The summed E-state index contributed by atoms with van der Waals surface area (Å²) < 4.78 is 60.0. The van der Waals surface area contributed by atoms with E-state index < -0.39 is 23.5 Å².